The van der Waals surface area contributed by atoms with E-state index >= 15 is 0 Å². The van der Waals surface area contributed by atoms with Gasteiger partial charge in [-0.05, 0) is 6.08 Å². The summed E-state index contributed by atoms with van der Waals surface area (Å²) in [6.45, 7) is -0.222. The molecule has 1 aromatic carbocycles. The standard InChI is InChI=1S/C17H17F3N4O4/c1-27-16(21)22-7-10-8-24(17(26)28-10)12-6-11(18)15(14(20)13(12)19)23-4-2-9(25)3-5-23/h2,4,6,10H,3,5,7-8H2,1H3,(H2,21,22). The number of aliphatic imine (C=N–C) groups is 1. The number of ether oxygens (including phenoxy) is 2. The first-order valence-corrected chi connectivity index (χ1v) is 8.29. The van der Waals surface area contributed by atoms with Crippen molar-refractivity contribution in [2.24, 2.45) is 10.7 Å². The topological polar surface area (TPSA) is 97.5 Å². The van der Waals surface area contributed by atoms with Crippen LogP contribution in [0.2, 0.25) is 0 Å². The summed E-state index contributed by atoms with van der Waals surface area (Å²) in [5, 5.41) is 0. The number of carbonyl (C=O) groups is 2. The summed E-state index contributed by atoms with van der Waals surface area (Å²) in [6.07, 6.45) is 0.630. The fourth-order valence-corrected chi connectivity index (χ4v) is 2.85. The molecule has 0 radical (unpaired) electrons. The van der Waals surface area contributed by atoms with Crippen molar-refractivity contribution in [3.63, 3.8) is 0 Å². The maximum Gasteiger partial charge on any atom is 0.414 e. The fraction of sp³-hybridized carbons (Fsp3) is 0.353. The Balaban J connectivity index is 1.86. The Kier molecular flexibility index (Phi) is 5.43. The number of anilines is 2. The Morgan fingerprint density at radius 3 is 2.75 bits per heavy atom. The number of cyclic esters (lactones) is 1. The lowest BCUT2D eigenvalue weighted by atomic mass is 10.1. The first-order valence-electron chi connectivity index (χ1n) is 8.29. The molecule has 2 heterocycles. The summed E-state index contributed by atoms with van der Waals surface area (Å²) < 4.78 is 53.4. The van der Waals surface area contributed by atoms with Crippen molar-refractivity contribution >= 4 is 29.3 Å². The van der Waals surface area contributed by atoms with E-state index in [9.17, 15) is 22.8 Å². The lowest BCUT2D eigenvalue weighted by Crippen LogP contribution is -2.29. The zero-order valence-corrected chi connectivity index (χ0v) is 14.8. The largest absolute Gasteiger partial charge is 0.469 e. The van der Waals surface area contributed by atoms with Gasteiger partial charge in [0.25, 0.3) is 6.02 Å². The summed E-state index contributed by atoms with van der Waals surface area (Å²) in [6, 6.07) is 0.587. The first-order chi connectivity index (χ1) is 13.3. The van der Waals surface area contributed by atoms with E-state index in [1.165, 1.54) is 13.3 Å². The third kappa shape index (κ3) is 3.73. The van der Waals surface area contributed by atoms with E-state index < -0.39 is 41.0 Å². The number of halogens is 3. The summed E-state index contributed by atoms with van der Waals surface area (Å²) in [5.41, 5.74) is 4.15. The molecule has 1 aromatic rings. The molecule has 1 atom stereocenters. The zero-order chi connectivity index (χ0) is 20.4. The fourth-order valence-electron chi connectivity index (χ4n) is 2.85. The molecule has 0 saturated carbocycles. The van der Waals surface area contributed by atoms with Crippen molar-refractivity contribution in [1.29, 1.82) is 0 Å². The van der Waals surface area contributed by atoms with Crippen LogP contribution >= 0.6 is 0 Å². The second kappa shape index (κ2) is 7.79. The third-order valence-electron chi connectivity index (χ3n) is 4.27. The van der Waals surface area contributed by atoms with Gasteiger partial charge in [0.15, 0.2) is 23.2 Å². The Hall–Kier alpha value is -3.24. The van der Waals surface area contributed by atoms with E-state index in [4.69, 9.17) is 10.5 Å². The summed E-state index contributed by atoms with van der Waals surface area (Å²) in [5.74, 6) is -4.14. The monoisotopic (exact) mass is 398 g/mol. The van der Waals surface area contributed by atoms with E-state index in [0.717, 1.165) is 15.9 Å². The number of rotatable bonds is 4. The Bertz CT molecular complexity index is 874. The molecule has 0 aliphatic carbocycles. The van der Waals surface area contributed by atoms with Gasteiger partial charge in [-0.25, -0.2) is 23.0 Å². The second-order valence-electron chi connectivity index (χ2n) is 6.08. The number of hydrogen-bond acceptors (Lipinski definition) is 6. The van der Waals surface area contributed by atoms with Crippen LogP contribution in [-0.2, 0) is 14.3 Å². The number of carbonyl (C=O) groups excluding carboxylic acids is 2. The van der Waals surface area contributed by atoms with Crippen LogP contribution in [0.15, 0.2) is 23.3 Å². The highest BCUT2D eigenvalue weighted by Crippen LogP contribution is 2.35. The minimum absolute atomic E-state index is 0.00865. The highest BCUT2D eigenvalue weighted by Gasteiger charge is 2.36. The number of benzene rings is 1. The number of allylic oxidation sites excluding steroid dienone is 1. The van der Waals surface area contributed by atoms with Gasteiger partial charge in [-0.15, -0.1) is 0 Å². The van der Waals surface area contributed by atoms with Gasteiger partial charge >= 0.3 is 6.09 Å². The molecule has 3 rings (SSSR count). The van der Waals surface area contributed by atoms with E-state index in [2.05, 4.69) is 9.73 Å². The number of nitrogens with two attached hydrogens (primary N) is 1. The molecular weight excluding hydrogens is 381 g/mol. The van der Waals surface area contributed by atoms with Crippen LogP contribution in [0.5, 0.6) is 0 Å². The number of ketones is 1. The van der Waals surface area contributed by atoms with Gasteiger partial charge in [0.1, 0.15) is 11.8 Å². The van der Waals surface area contributed by atoms with Crippen molar-refractivity contribution in [2.45, 2.75) is 12.5 Å². The number of methoxy groups -OCH3 is 1. The van der Waals surface area contributed by atoms with Gasteiger partial charge in [-0.1, -0.05) is 0 Å². The van der Waals surface area contributed by atoms with Crippen LogP contribution in [-0.4, -0.2) is 50.7 Å². The van der Waals surface area contributed by atoms with Crippen LogP contribution < -0.4 is 15.5 Å². The number of amides is 1. The molecule has 1 fully saturated rings. The normalized spacial score (nSPS) is 20.0. The van der Waals surface area contributed by atoms with E-state index in [1.54, 1.807) is 0 Å². The molecular formula is C17H17F3N4O4. The van der Waals surface area contributed by atoms with Crippen LogP contribution in [0, 0.1) is 17.5 Å². The van der Waals surface area contributed by atoms with Gasteiger partial charge in [0, 0.05) is 25.2 Å². The van der Waals surface area contributed by atoms with Gasteiger partial charge in [0.2, 0.25) is 0 Å². The van der Waals surface area contributed by atoms with E-state index in [0.29, 0.717) is 6.07 Å². The molecule has 0 spiro atoms. The molecule has 11 heteroatoms. The predicted molar refractivity (Wildman–Crippen MR) is 93.5 cm³/mol. The third-order valence-corrected chi connectivity index (χ3v) is 4.27. The highest BCUT2D eigenvalue weighted by atomic mass is 19.2. The number of hydrogen-bond donors (Lipinski definition) is 1. The van der Waals surface area contributed by atoms with Crippen LogP contribution in [0.4, 0.5) is 29.3 Å². The zero-order valence-electron chi connectivity index (χ0n) is 14.8. The molecule has 1 saturated heterocycles. The van der Waals surface area contributed by atoms with Crippen molar-refractivity contribution in [1.82, 2.24) is 0 Å². The Labute approximate surface area is 158 Å². The molecule has 150 valence electrons. The average molecular weight is 398 g/mol. The number of amidine groups is 1. The van der Waals surface area contributed by atoms with Gasteiger partial charge in [-0.3, -0.25) is 9.69 Å². The smallest absolute Gasteiger partial charge is 0.414 e. The lowest BCUT2D eigenvalue weighted by Gasteiger charge is -2.25. The summed E-state index contributed by atoms with van der Waals surface area (Å²) in [7, 11) is 1.31. The lowest BCUT2D eigenvalue weighted by molar-refractivity contribution is -0.114. The van der Waals surface area contributed by atoms with Crippen LogP contribution in [0.3, 0.4) is 0 Å². The Morgan fingerprint density at radius 2 is 2.11 bits per heavy atom. The van der Waals surface area contributed by atoms with Crippen molar-refractivity contribution in [3.05, 3.63) is 35.8 Å². The van der Waals surface area contributed by atoms with Crippen LogP contribution in [0.25, 0.3) is 0 Å². The first kappa shape index (κ1) is 19.5. The van der Waals surface area contributed by atoms with Gasteiger partial charge in [0.05, 0.1) is 25.9 Å². The molecule has 2 aliphatic heterocycles. The minimum atomic E-state index is -1.47. The molecule has 1 unspecified atom stereocenters. The van der Waals surface area contributed by atoms with Gasteiger partial charge in [-0.2, -0.15) is 0 Å². The number of nitrogens with zero attached hydrogens (tertiary/aromatic N) is 3. The summed E-state index contributed by atoms with van der Waals surface area (Å²) in [4.78, 5) is 28.9. The van der Waals surface area contributed by atoms with Crippen LogP contribution in [0.1, 0.15) is 6.42 Å². The molecule has 0 bridgehead atoms. The van der Waals surface area contributed by atoms with Gasteiger partial charge < -0.3 is 20.1 Å². The quantitative estimate of drug-likeness (QED) is 0.471. The van der Waals surface area contributed by atoms with Crippen molar-refractivity contribution in [3.8, 4) is 0 Å². The molecule has 8 nitrogen and oxygen atoms in total. The van der Waals surface area contributed by atoms with E-state index in [1.807, 2.05) is 0 Å². The molecule has 28 heavy (non-hydrogen) atoms. The highest BCUT2D eigenvalue weighted by molar-refractivity contribution is 5.92. The molecule has 0 aromatic heterocycles. The van der Waals surface area contributed by atoms with Crippen molar-refractivity contribution in [2.75, 3.05) is 36.5 Å². The Morgan fingerprint density at radius 1 is 1.36 bits per heavy atom. The maximum absolute atomic E-state index is 14.6. The SMILES string of the molecule is COC(N)=NCC1CN(c2cc(F)c(N3C=CC(=O)CC3)c(F)c2F)C(=O)O1. The minimum Gasteiger partial charge on any atom is -0.469 e. The molecule has 2 aliphatic rings. The molecule has 1 amide bonds. The van der Waals surface area contributed by atoms with E-state index in [-0.39, 0.29) is 37.9 Å². The maximum atomic E-state index is 14.6. The average Bonchev–Trinajstić information content (AvgIpc) is 3.04. The van der Waals surface area contributed by atoms with Crippen molar-refractivity contribution < 1.29 is 32.2 Å². The summed E-state index contributed by atoms with van der Waals surface area (Å²) >= 11 is 0. The molecule has 2 N–H and O–H groups in total. The second-order valence-corrected chi connectivity index (χ2v) is 6.08. The predicted octanol–water partition coefficient (Wildman–Crippen LogP) is 1.68.